The van der Waals surface area contributed by atoms with Gasteiger partial charge in [-0.25, -0.2) is 0 Å². The summed E-state index contributed by atoms with van der Waals surface area (Å²) in [5.41, 5.74) is 1.24. The highest BCUT2D eigenvalue weighted by Gasteiger charge is 2.09. The molecule has 2 aromatic rings. The number of anilines is 1. The highest BCUT2D eigenvalue weighted by Crippen LogP contribution is 2.25. The Labute approximate surface area is 144 Å². The van der Waals surface area contributed by atoms with Crippen molar-refractivity contribution in [2.24, 2.45) is 0 Å². The minimum Gasteiger partial charge on any atom is -0.484 e. The number of nitrogens with one attached hydrogen (secondary N) is 1. The number of aromatic nitrogens is 2. The fraction of sp³-hybridized carbons (Fsp3) is 0.312. The second-order valence-corrected chi connectivity index (χ2v) is 7.28. The van der Waals surface area contributed by atoms with Crippen LogP contribution in [0.4, 0.5) is 5.13 Å². The molecule has 1 aromatic heterocycles. The van der Waals surface area contributed by atoms with Gasteiger partial charge in [-0.3, -0.25) is 10.1 Å². The summed E-state index contributed by atoms with van der Waals surface area (Å²) in [4.78, 5) is 11.9. The number of rotatable bonds is 8. The van der Waals surface area contributed by atoms with E-state index in [4.69, 9.17) is 4.74 Å². The smallest absolute Gasteiger partial charge is 0.264 e. The third-order valence-corrected chi connectivity index (χ3v) is 4.86. The lowest BCUT2D eigenvalue weighted by atomic mass is 10.0. The maximum absolute atomic E-state index is 11.9. The second kappa shape index (κ2) is 8.69. The quantitative estimate of drug-likeness (QED) is 0.444. The van der Waals surface area contributed by atoms with E-state index in [2.05, 4.69) is 35.9 Å². The molecule has 0 bridgehead atoms. The Hall–Kier alpha value is -1.86. The maximum atomic E-state index is 11.9. The van der Waals surface area contributed by atoms with Crippen LogP contribution in [0.15, 0.2) is 41.3 Å². The van der Waals surface area contributed by atoms with Gasteiger partial charge in [-0.15, -0.1) is 16.8 Å². The molecule has 7 heteroatoms. The molecule has 122 valence electrons. The third-order valence-electron chi connectivity index (χ3n) is 2.89. The summed E-state index contributed by atoms with van der Waals surface area (Å²) in [6.45, 7) is 7.85. The van der Waals surface area contributed by atoms with E-state index >= 15 is 0 Å². The van der Waals surface area contributed by atoms with Crippen LogP contribution in [0.2, 0.25) is 0 Å². The highest BCUT2D eigenvalue weighted by atomic mass is 32.2. The second-order valence-electron chi connectivity index (χ2n) is 5.03. The Morgan fingerprint density at radius 2 is 2.13 bits per heavy atom. The molecule has 0 unspecified atom stereocenters. The Morgan fingerprint density at radius 1 is 1.39 bits per heavy atom. The van der Waals surface area contributed by atoms with Gasteiger partial charge in [0.2, 0.25) is 5.13 Å². The molecule has 0 aliphatic rings. The summed E-state index contributed by atoms with van der Waals surface area (Å²) < 4.78 is 6.27. The van der Waals surface area contributed by atoms with Crippen LogP contribution in [0, 0.1) is 0 Å². The molecule has 1 N–H and O–H groups in total. The van der Waals surface area contributed by atoms with Crippen molar-refractivity contribution in [1.29, 1.82) is 0 Å². The molecule has 23 heavy (non-hydrogen) atoms. The number of amides is 1. The predicted octanol–water partition coefficient (Wildman–Crippen LogP) is 3.96. The van der Waals surface area contributed by atoms with Gasteiger partial charge in [0.25, 0.3) is 5.91 Å². The summed E-state index contributed by atoms with van der Waals surface area (Å²) in [6.07, 6.45) is 1.79. The monoisotopic (exact) mass is 349 g/mol. The van der Waals surface area contributed by atoms with E-state index < -0.39 is 0 Å². The zero-order valence-electron chi connectivity index (χ0n) is 13.1. The zero-order chi connectivity index (χ0) is 16.7. The Kier molecular flexibility index (Phi) is 6.61. The standard InChI is InChI=1S/C16H19N3O2S2/c1-4-9-22-16-19-18-15(23-16)17-14(20)10-21-13-7-5-12(6-8-13)11(2)3/h4-8,11H,1,9-10H2,2-3H3,(H,17,18,20). The van der Waals surface area contributed by atoms with Crippen LogP contribution in [-0.2, 0) is 4.79 Å². The molecule has 0 radical (unpaired) electrons. The van der Waals surface area contributed by atoms with Gasteiger partial charge < -0.3 is 4.74 Å². The van der Waals surface area contributed by atoms with Crippen LogP contribution in [0.3, 0.4) is 0 Å². The van der Waals surface area contributed by atoms with E-state index in [1.54, 1.807) is 6.08 Å². The molecule has 1 amide bonds. The number of carbonyl (C=O) groups is 1. The van der Waals surface area contributed by atoms with Crippen molar-refractivity contribution in [2.45, 2.75) is 24.1 Å². The molecule has 0 saturated heterocycles. The molecule has 0 spiro atoms. The van der Waals surface area contributed by atoms with Gasteiger partial charge in [0.05, 0.1) is 0 Å². The number of hydrogen-bond acceptors (Lipinski definition) is 6. The van der Waals surface area contributed by atoms with E-state index in [9.17, 15) is 4.79 Å². The minimum absolute atomic E-state index is 0.0598. The molecule has 5 nitrogen and oxygen atoms in total. The van der Waals surface area contributed by atoms with E-state index in [1.165, 1.54) is 28.7 Å². The summed E-state index contributed by atoms with van der Waals surface area (Å²) in [5.74, 6) is 1.65. The van der Waals surface area contributed by atoms with Crippen LogP contribution < -0.4 is 10.1 Å². The first-order chi connectivity index (χ1) is 11.1. The van der Waals surface area contributed by atoms with E-state index in [1.807, 2.05) is 24.3 Å². The first-order valence-electron chi connectivity index (χ1n) is 7.18. The lowest BCUT2D eigenvalue weighted by molar-refractivity contribution is -0.118. The number of ether oxygens (including phenoxy) is 1. The zero-order valence-corrected chi connectivity index (χ0v) is 14.7. The van der Waals surface area contributed by atoms with Gasteiger partial charge in [0.15, 0.2) is 10.9 Å². The van der Waals surface area contributed by atoms with Crippen LogP contribution in [0.25, 0.3) is 0 Å². The summed E-state index contributed by atoms with van der Waals surface area (Å²) >= 11 is 2.86. The van der Waals surface area contributed by atoms with Crippen LogP contribution in [0.1, 0.15) is 25.3 Å². The molecule has 2 rings (SSSR count). The Morgan fingerprint density at radius 3 is 2.78 bits per heavy atom. The van der Waals surface area contributed by atoms with Gasteiger partial charge in [0.1, 0.15) is 5.75 Å². The number of hydrogen-bond donors (Lipinski definition) is 1. The molecule has 0 saturated carbocycles. The normalized spacial score (nSPS) is 10.6. The summed E-state index contributed by atoms with van der Waals surface area (Å²) in [6, 6.07) is 7.76. The van der Waals surface area contributed by atoms with Gasteiger partial charge >= 0.3 is 0 Å². The van der Waals surface area contributed by atoms with Crippen molar-refractivity contribution >= 4 is 34.1 Å². The van der Waals surface area contributed by atoms with E-state index in [0.29, 0.717) is 16.8 Å². The fourth-order valence-corrected chi connectivity index (χ4v) is 3.23. The molecule has 0 atom stereocenters. The first kappa shape index (κ1) is 17.5. The van der Waals surface area contributed by atoms with Crippen molar-refractivity contribution in [3.8, 4) is 5.75 Å². The van der Waals surface area contributed by atoms with Crippen LogP contribution in [-0.4, -0.2) is 28.5 Å². The third kappa shape index (κ3) is 5.69. The molecular weight excluding hydrogens is 330 g/mol. The molecule has 1 heterocycles. The SMILES string of the molecule is C=CCSc1nnc(NC(=O)COc2ccc(C(C)C)cc2)s1. The number of carbonyl (C=O) groups excluding carboxylic acids is 1. The summed E-state index contributed by atoms with van der Waals surface area (Å²) in [5, 5.41) is 11.1. The largest absolute Gasteiger partial charge is 0.484 e. The minimum atomic E-state index is -0.255. The maximum Gasteiger partial charge on any atom is 0.264 e. The van der Waals surface area contributed by atoms with Crippen molar-refractivity contribution in [3.63, 3.8) is 0 Å². The Balaban J connectivity index is 1.80. The van der Waals surface area contributed by atoms with Crippen molar-refractivity contribution in [1.82, 2.24) is 10.2 Å². The number of nitrogens with zero attached hydrogens (tertiary/aromatic N) is 2. The van der Waals surface area contributed by atoms with Gasteiger partial charge in [-0.1, -0.05) is 55.2 Å². The van der Waals surface area contributed by atoms with E-state index in [-0.39, 0.29) is 12.5 Å². The topological polar surface area (TPSA) is 64.1 Å². The summed E-state index contributed by atoms with van der Waals surface area (Å²) in [7, 11) is 0. The molecule has 0 fully saturated rings. The van der Waals surface area contributed by atoms with Crippen molar-refractivity contribution in [3.05, 3.63) is 42.5 Å². The van der Waals surface area contributed by atoms with Crippen molar-refractivity contribution < 1.29 is 9.53 Å². The number of thioether (sulfide) groups is 1. The Bertz CT molecular complexity index is 654. The van der Waals surface area contributed by atoms with Crippen molar-refractivity contribution in [2.75, 3.05) is 17.7 Å². The number of benzene rings is 1. The first-order valence-corrected chi connectivity index (χ1v) is 8.98. The fourth-order valence-electron chi connectivity index (χ4n) is 1.70. The lowest BCUT2D eigenvalue weighted by Crippen LogP contribution is -2.20. The lowest BCUT2D eigenvalue weighted by Gasteiger charge is -2.08. The molecular formula is C16H19N3O2S2. The van der Waals surface area contributed by atoms with Gasteiger partial charge in [-0.2, -0.15) is 0 Å². The van der Waals surface area contributed by atoms with Crippen LogP contribution >= 0.6 is 23.1 Å². The average molecular weight is 349 g/mol. The highest BCUT2D eigenvalue weighted by molar-refractivity contribution is 8.01. The van der Waals surface area contributed by atoms with Gasteiger partial charge in [-0.05, 0) is 23.6 Å². The predicted molar refractivity (Wildman–Crippen MR) is 95.5 cm³/mol. The average Bonchev–Trinajstić information content (AvgIpc) is 2.98. The van der Waals surface area contributed by atoms with Crippen LogP contribution in [0.5, 0.6) is 5.75 Å². The molecule has 1 aromatic carbocycles. The molecule has 0 aliphatic carbocycles. The van der Waals surface area contributed by atoms with E-state index in [0.717, 1.165) is 10.1 Å². The van der Waals surface area contributed by atoms with Gasteiger partial charge in [0, 0.05) is 5.75 Å². The molecule has 0 aliphatic heterocycles.